The van der Waals surface area contributed by atoms with Gasteiger partial charge in [-0.05, 0) is 43.0 Å². The molecule has 0 spiro atoms. The lowest BCUT2D eigenvalue weighted by atomic mass is 9.83. The van der Waals surface area contributed by atoms with E-state index in [0.717, 1.165) is 6.42 Å². The summed E-state index contributed by atoms with van der Waals surface area (Å²) >= 11 is 0. The average Bonchev–Trinajstić information content (AvgIpc) is 3.31. The molecule has 1 atom stereocenters. The molecule has 1 N–H and O–H groups in total. The van der Waals surface area contributed by atoms with E-state index in [1.54, 1.807) is 0 Å². The van der Waals surface area contributed by atoms with Crippen molar-refractivity contribution in [3.05, 3.63) is 71.3 Å². The van der Waals surface area contributed by atoms with Gasteiger partial charge in [0.25, 0.3) is 0 Å². The molecule has 0 bridgehead atoms. The highest BCUT2D eigenvalue weighted by molar-refractivity contribution is 5.39. The van der Waals surface area contributed by atoms with E-state index in [1.807, 2.05) is 0 Å². The zero-order valence-electron chi connectivity index (χ0n) is 12.4. The Kier molecular flexibility index (Phi) is 3.62. The van der Waals surface area contributed by atoms with E-state index in [1.165, 1.54) is 29.5 Å². The second-order valence-corrected chi connectivity index (χ2v) is 5.84. The van der Waals surface area contributed by atoms with Gasteiger partial charge in [-0.3, -0.25) is 0 Å². The zero-order valence-corrected chi connectivity index (χ0v) is 12.4. The van der Waals surface area contributed by atoms with Gasteiger partial charge in [0.05, 0.1) is 0 Å². The Labute approximate surface area is 122 Å². The average molecular weight is 265 g/mol. The lowest BCUT2D eigenvalue weighted by Gasteiger charge is -2.28. The smallest absolute Gasteiger partial charge is 0.0415 e. The molecule has 0 amide bonds. The van der Waals surface area contributed by atoms with Gasteiger partial charge in [-0.2, -0.15) is 0 Å². The van der Waals surface area contributed by atoms with Crippen molar-refractivity contribution in [2.75, 3.05) is 7.05 Å². The largest absolute Gasteiger partial charge is 0.312 e. The van der Waals surface area contributed by atoms with Crippen LogP contribution in [0.3, 0.4) is 0 Å². The van der Waals surface area contributed by atoms with Crippen LogP contribution in [0.25, 0.3) is 0 Å². The first-order chi connectivity index (χ1) is 9.80. The molecule has 2 aromatic carbocycles. The van der Waals surface area contributed by atoms with Crippen LogP contribution in [0.2, 0.25) is 0 Å². The summed E-state index contributed by atoms with van der Waals surface area (Å²) in [6.07, 6.45) is 3.66. The summed E-state index contributed by atoms with van der Waals surface area (Å²) < 4.78 is 0. The molecule has 1 fully saturated rings. The zero-order chi connectivity index (χ0) is 14.0. The number of nitrogens with one attached hydrogen (secondary N) is 1. The molecule has 0 aliphatic heterocycles. The third kappa shape index (κ3) is 2.27. The van der Waals surface area contributed by atoms with Crippen LogP contribution in [0.4, 0.5) is 0 Å². The van der Waals surface area contributed by atoms with Crippen LogP contribution in [0, 0.1) is 0 Å². The van der Waals surface area contributed by atoms with Crippen LogP contribution < -0.4 is 5.32 Å². The first-order valence-corrected chi connectivity index (χ1v) is 7.62. The topological polar surface area (TPSA) is 12.0 Å². The molecule has 1 nitrogen and oxygen atoms in total. The summed E-state index contributed by atoms with van der Waals surface area (Å²) in [5.41, 5.74) is 4.59. The van der Waals surface area contributed by atoms with Crippen molar-refractivity contribution in [1.82, 2.24) is 5.32 Å². The summed E-state index contributed by atoms with van der Waals surface area (Å²) in [4.78, 5) is 0. The lowest BCUT2D eigenvalue weighted by Crippen LogP contribution is -2.29. The van der Waals surface area contributed by atoms with Gasteiger partial charge < -0.3 is 5.32 Å². The highest BCUT2D eigenvalue weighted by Gasteiger charge is 2.50. The number of rotatable bonds is 5. The Morgan fingerprint density at radius 2 is 1.65 bits per heavy atom. The van der Waals surface area contributed by atoms with Crippen LogP contribution in [-0.2, 0) is 11.8 Å². The molecule has 0 radical (unpaired) electrons. The van der Waals surface area contributed by atoms with Gasteiger partial charge >= 0.3 is 0 Å². The molecular weight excluding hydrogens is 242 g/mol. The minimum absolute atomic E-state index is 0.295. The fourth-order valence-corrected chi connectivity index (χ4v) is 3.36. The second-order valence-electron chi connectivity index (χ2n) is 5.84. The standard InChI is InChI=1S/C19H23N/c1-3-15-9-11-16(12-10-15)18(20-2)19(13-14-19)17-7-5-4-6-8-17/h4-12,18,20H,3,13-14H2,1-2H3. The van der Waals surface area contributed by atoms with Crippen LogP contribution in [0.5, 0.6) is 0 Å². The van der Waals surface area contributed by atoms with Crippen molar-refractivity contribution in [3.63, 3.8) is 0 Å². The summed E-state index contributed by atoms with van der Waals surface area (Å²) in [5, 5.41) is 3.56. The molecule has 0 aromatic heterocycles. The third-order valence-electron chi connectivity index (χ3n) is 4.70. The minimum atomic E-state index is 0.295. The molecule has 1 aliphatic rings. The summed E-state index contributed by atoms with van der Waals surface area (Å²) in [7, 11) is 2.08. The first kappa shape index (κ1) is 13.4. The Morgan fingerprint density at radius 1 is 1.00 bits per heavy atom. The van der Waals surface area contributed by atoms with E-state index >= 15 is 0 Å². The maximum Gasteiger partial charge on any atom is 0.0415 e. The van der Waals surface area contributed by atoms with Crippen molar-refractivity contribution in [3.8, 4) is 0 Å². The molecular formula is C19H23N. The van der Waals surface area contributed by atoms with Gasteiger partial charge in [-0.25, -0.2) is 0 Å². The van der Waals surface area contributed by atoms with Crippen LogP contribution >= 0.6 is 0 Å². The second kappa shape index (κ2) is 5.41. The molecule has 2 aromatic rings. The van der Waals surface area contributed by atoms with Crippen molar-refractivity contribution in [2.24, 2.45) is 0 Å². The molecule has 0 heterocycles. The van der Waals surface area contributed by atoms with Crippen LogP contribution in [0.15, 0.2) is 54.6 Å². The molecule has 104 valence electrons. The maximum absolute atomic E-state index is 3.56. The highest BCUT2D eigenvalue weighted by atomic mass is 14.9. The van der Waals surface area contributed by atoms with Gasteiger partial charge in [-0.15, -0.1) is 0 Å². The molecule has 3 rings (SSSR count). The van der Waals surface area contributed by atoms with E-state index in [9.17, 15) is 0 Å². The van der Waals surface area contributed by atoms with E-state index in [4.69, 9.17) is 0 Å². The maximum atomic E-state index is 3.56. The normalized spacial score (nSPS) is 17.7. The van der Waals surface area contributed by atoms with Gasteiger partial charge in [0, 0.05) is 11.5 Å². The van der Waals surface area contributed by atoms with E-state index in [2.05, 4.69) is 73.9 Å². The Hall–Kier alpha value is -1.60. The third-order valence-corrected chi connectivity index (χ3v) is 4.70. The van der Waals surface area contributed by atoms with Crippen molar-refractivity contribution in [1.29, 1.82) is 0 Å². The predicted molar refractivity (Wildman–Crippen MR) is 85.0 cm³/mol. The molecule has 20 heavy (non-hydrogen) atoms. The highest BCUT2D eigenvalue weighted by Crippen LogP contribution is 2.56. The fraction of sp³-hybridized carbons (Fsp3) is 0.368. The fourth-order valence-electron chi connectivity index (χ4n) is 3.36. The Balaban J connectivity index is 1.93. The van der Waals surface area contributed by atoms with Gasteiger partial charge in [0.15, 0.2) is 0 Å². The Morgan fingerprint density at radius 3 is 2.15 bits per heavy atom. The molecule has 1 aliphatic carbocycles. The summed E-state index contributed by atoms with van der Waals surface area (Å²) in [5.74, 6) is 0. The summed E-state index contributed by atoms with van der Waals surface area (Å²) in [6, 6.07) is 20.5. The van der Waals surface area contributed by atoms with Crippen molar-refractivity contribution < 1.29 is 0 Å². The Bertz CT molecular complexity index is 552. The molecule has 1 saturated carbocycles. The number of hydrogen-bond donors (Lipinski definition) is 1. The predicted octanol–water partition coefficient (Wildman–Crippen LogP) is 4.24. The van der Waals surface area contributed by atoms with E-state index in [0.29, 0.717) is 11.5 Å². The van der Waals surface area contributed by atoms with Crippen molar-refractivity contribution in [2.45, 2.75) is 37.6 Å². The first-order valence-electron chi connectivity index (χ1n) is 7.62. The summed E-state index contributed by atoms with van der Waals surface area (Å²) in [6.45, 7) is 2.21. The van der Waals surface area contributed by atoms with E-state index in [-0.39, 0.29) is 0 Å². The molecule has 1 heteroatoms. The van der Waals surface area contributed by atoms with Gasteiger partial charge in [0.1, 0.15) is 0 Å². The quantitative estimate of drug-likeness (QED) is 0.852. The van der Waals surface area contributed by atoms with E-state index < -0.39 is 0 Å². The SMILES string of the molecule is CCc1ccc(C(NC)C2(c3ccccc3)CC2)cc1. The minimum Gasteiger partial charge on any atom is -0.312 e. The van der Waals surface area contributed by atoms with Crippen molar-refractivity contribution >= 4 is 0 Å². The molecule has 0 saturated heterocycles. The van der Waals surface area contributed by atoms with Gasteiger partial charge in [0.2, 0.25) is 0 Å². The van der Waals surface area contributed by atoms with Crippen LogP contribution in [-0.4, -0.2) is 7.05 Å². The lowest BCUT2D eigenvalue weighted by molar-refractivity contribution is 0.463. The molecule has 1 unspecified atom stereocenters. The monoisotopic (exact) mass is 265 g/mol. The number of likely N-dealkylation sites (N-methyl/N-ethyl adjacent to an activating group) is 1. The van der Waals surface area contributed by atoms with Crippen LogP contribution in [0.1, 0.15) is 42.5 Å². The number of hydrogen-bond acceptors (Lipinski definition) is 1. The number of aryl methyl sites for hydroxylation is 1. The number of benzene rings is 2. The van der Waals surface area contributed by atoms with Gasteiger partial charge in [-0.1, -0.05) is 61.5 Å².